The number of quaternary nitrogens is 1. The summed E-state index contributed by atoms with van der Waals surface area (Å²) >= 11 is 0. The second-order valence-corrected chi connectivity index (χ2v) is 7.47. The van der Waals surface area contributed by atoms with Gasteiger partial charge in [0, 0.05) is 26.1 Å². The molecule has 0 spiro atoms. The number of nitrogens with zero attached hydrogens (tertiary/aromatic N) is 4. The number of halogens is 1. The van der Waals surface area contributed by atoms with Crippen LogP contribution in [-0.4, -0.2) is 89.6 Å². The molecule has 0 aromatic heterocycles. The summed E-state index contributed by atoms with van der Waals surface area (Å²) in [6.45, 7) is 8.80. The number of amides is 2. The molecule has 6 nitrogen and oxygen atoms in total. The molecule has 0 atom stereocenters. The Morgan fingerprint density at radius 1 is 0.920 bits per heavy atom. The predicted octanol–water partition coefficient (Wildman–Crippen LogP) is -2.58. The molecule has 25 heavy (non-hydrogen) atoms. The van der Waals surface area contributed by atoms with Gasteiger partial charge in [-0.05, 0) is 12.1 Å². The lowest BCUT2D eigenvalue weighted by Gasteiger charge is -2.35. The highest BCUT2D eigenvalue weighted by atomic mass is 79.9. The van der Waals surface area contributed by atoms with E-state index in [1.807, 2.05) is 12.1 Å². The second kappa shape index (κ2) is 6.16. The van der Waals surface area contributed by atoms with E-state index in [9.17, 15) is 9.59 Å². The maximum atomic E-state index is 12.5. The van der Waals surface area contributed by atoms with Crippen molar-refractivity contribution < 1.29 is 31.1 Å². The van der Waals surface area contributed by atoms with E-state index in [-0.39, 0.29) is 28.8 Å². The average Bonchev–Trinajstić information content (AvgIpc) is 3.31. The smallest absolute Gasteiger partial charge is 0.261 e. The lowest BCUT2D eigenvalue weighted by Crippen LogP contribution is -3.00. The van der Waals surface area contributed by atoms with Gasteiger partial charge in [0.1, 0.15) is 0 Å². The lowest BCUT2D eigenvalue weighted by atomic mass is 10.1. The first kappa shape index (κ1) is 17.1. The Bertz CT molecular complexity index is 674. The van der Waals surface area contributed by atoms with Crippen molar-refractivity contribution in [3.63, 3.8) is 0 Å². The fraction of sp³-hybridized carbons (Fsp3) is 0.556. The van der Waals surface area contributed by atoms with Gasteiger partial charge in [-0.3, -0.25) is 19.0 Å². The van der Waals surface area contributed by atoms with Crippen LogP contribution in [0, 0.1) is 0 Å². The summed E-state index contributed by atoms with van der Waals surface area (Å²) in [5.41, 5.74) is 1.12. The minimum Gasteiger partial charge on any atom is -1.00 e. The van der Waals surface area contributed by atoms with E-state index in [2.05, 4.69) is 9.80 Å². The Morgan fingerprint density at radius 3 is 2.04 bits per heavy atom. The van der Waals surface area contributed by atoms with Gasteiger partial charge in [-0.1, -0.05) is 12.1 Å². The highest BCUT2D eigenvalue weighted by Crippen LogP contribution is 2.36. The largest absolute Gasteiger partial charge is 1.00 e. The van der Waals surface area contributed by atoms with Gasteiger partial charge in [0.15, 0.2) is 0 Å². The van der Waals surface area contributed by atoms with Crippen LogP contribution in [0.3, 0.4) is 0 Å². The van der Waals surface area contributed by atoms with Crippen molar-refractivity contribution in [1.29, 1.82) is 0 Å². The van der Waals surface area contributed by atoms with Gasteiger partial charge in [-0.15, -0.1) is 0 Å². The first-order chi connectivity index (χ1) is 11.7. The maximum Gasteiger partial charge on any atom is 0.261 e. The molecule has 4 aliphatic rings. The highest BCUT2D eigenvalue weighted by Gasteiger charge is 2.57. The molecule has 0 N–H and O–H groups in total. The summed E-state index contributed by atoms with van der Waals surface area (Å²) in [5.74, 6) is -0.245. The van der Waals surface area contributed by atoms with E-state index in [1.54, 1.807) is 12.1 Å². The number of carbonyl (C=O) groups is 2. The number of rotatable bonds is 4. The molecule has 1 aromatic rings. The van der Waals surface area contributed by atoms with Crippen LogP contribution < -0.4 is 17.0 Å². The van der Waals surface area contributed by atoms with Crippen molar-refractivity contribution in [1.82, 2.24) is 14.7 Å². The minimum atomic E-state index is -0.123. The van der Waals surface area contributed by atoms with Gasteiger partial charge in [0.05, 0.1) is 43.9 Å². The summed E-state index contributed by atoms with van der Waals surface area (Å²) < 4.78 is 1.14. The zero-order chi connectivity index (χ0) is 16.3. The Morgan fingerprint density at radius 2 is 1.48 bits per heavy atom. The van der Waals surface area contributed by atoms with Crippen molar-refractivity contribution in [2.75, 3.05) is 52.4 Å². The maximum absolute atomic E-state index is 12.5. The van der Waals surface area contributed by atoms with Crippen LogP contribution in [0.25, 0.3) is 0 Å². The normalized spacial score (nSPS) is 30.7. The summed E-state index contributed by atoms with van der Waals surface area (Å²) in [6, 6.07) is 7.16. The van der Waals surface area contributed by atoms with Gasteiger partial charge >= 0.3 is 0 Å². The topological polar surface area (TPSA) is 43.9 Å². The second-order valence-electron chi connectivity index (χ2n) is 7.47. The summed E-state index contributed by atoms with van der Waals surface area (Å²) in [6.07, 6.45) is 1.45. The van der Waals surface area contributed by atoms with Gasteiger partial charge in [-0.2, -0.15) is 0 Å². The molecule has 0 radical (unpaired) electrons. The number of carbonyl (C=O) groups excluding carboxylic acids is 2. The van der Waals surface area contributed by atoms with Crippen molar-refractivity contribution >= 4 is 11.8 Å². The van der Waals surface area contributed by atoms with Crippen LogP contribution in [0.1, 0.15) is 27.1 Å². The molecule has 2 amide bonds. The fourth-order valence-electron chi connectivity index (χ4n) is 5.19. The van der Waals surface area contributed by atoms with Crippen LogP contribution in [0.4, 0.5) is 0 Å². The Balaban J connectivity index is 0.00000157. The van der Waals surface area contributed by atoms with E-state index < -0.39 is 0 Å². The Hall–Kier alpha value is -1.28. The van der Waals surface area contributed by atoms with Crippen LogP contribution >= 0.6 is 0 Å². The monoisotopic (exact) mass is 406 g/mol. The fourth-order valence-corrected chi connectivity index (χ4v) is 5.19. The molecule has 0 unspecified atom stereocenters. The number of imide groups is 1. The van der Waals surface area contributed by atoms with Gasteiger partial charge in [0.25, 0.3) is 11.8 Å². The van der Waals surface area contributed by atoms with E-state index >= 15 is 0 Å². The molecule has 0 bridgehead atoms. The van der Waals surface area contributed by atoms with Crippen molar-refractivity contribution in [2.24, 2.45) is 0 Å². The third-order valence-corrected chi connectivity index (χ3v) is 6.35. The number of hydrogen-bond donors (Lipinski definition) is 0. The first-order valence-electron chi connectivity index (χ1n) is 8.99. The van der Waals surface area contributed by atoms with Crippen molar-refractivity contribution in [2.45, 2.75) is 12.7 Å². The quantitative estimate of drug-likeness (QED) is 0.407. The van der Waals surface area contributed by atoms with Gasteiger partial charge < -0.3 is 17.0 Å². The van der Waals surface area contributed by atoms with E-state index in [1.165, 1.54) is 44.2 Å². The Kier molecular flexibility index (Phi) is 4.22. The number of hydrogen-bond acceptors (Lipinski definition) is 4. The standard InChI is InChI=1S/C18H23N4O2.BrH/c23-16-14-4-1-2-5-15(14)17(24)21(16)6-3-11-22-12-9-19-7-8-20(10-13-22)18(19)22;/h1-2,4-5,18H,3,6-13H2;1H/q+1;/p-1. The Labute approximate surface area is 158 Å². The van der Waals surface area contributed by atoms with Crippen molar-refractivity contribution in [3.05, 3.63) is 35.4 Å². The molecule has 0 aliphatic carbocycles. The third-order valence-electron chi connectivity index (χ3n) is 6.35. The van der Waals surface area contributed by atoms with E-state index in [0.717, 1.165) is 17.4 Å². The summed E-state index contributed by atoms with van der Waals surface area (Å²) in [7, 11) is 0. The molecule has 4 heterocycles. The minimum absolute atomic E-state index is 0. The molecule has 3 fully saturated rings. The van der Waals surface area contributed by atoms with Crippen LogP contribution in [0.15, 0.2) is 24.3 Å². The van der Waals surface area contributed by atoms with E-state index in [4.69, 9.17) is 0 Å². The van der Waals surface area contributed by atoms with E-state index in [0.29, 0.717) is 24.0 Å². The number of fused-ring (bicyclic) bond motifs is 1. The van der Waals surface area contributed by atoms with Crippen LogP contribution in [-0.2, 0) is 0 Å². The summed E-state index contributed by atoms with van der Waals surface area (Å²) in [5, 5.41) is 0. The molecular formula is C18H23BrN4O2. The SMILES string of the molecule is O=C1c2ccccc2C(=O)N1CCC[N+]12CCN3CCN(CC1)C32.[Br-]. The van der Waals surface area contributed by atoms with Crippen LogP contribution in [0.5, 0.6) is 0 Å². The molecule has 1 aromatic carbocycles. The molecule has 5 rings (SSSR count). The molecule has 3 saturated heterocycles. The third kappa shape index (κ3) is 2.40. The molecule has 4 aliphatic heterocycles. The zero-order valence-electron chi connectivity index (χ0n) is 14.2. The predicted molar refractivity (Wildman–Crippen MR) is 88.2 cm³/mol. The lowest BCUT2D eigenvalue weighted by molar-refractivity contribution is -0.936. The van der Waals surface area contributed by atoms with Crippen molar-refractivity contribution in [3.8, 4) is 0 Å². The molecule has 134 valence electrons. The average molecular weight is 407 g/mol. The number of benzene rings is 1. The first-order valence-corrected chi connectivity index (χ1v) is 8.99. The van der Waals surface area contributed by atoms with Gasteiger partial charge in [-0.25, -0.2) is 9.80 Å². The van der Waals surface area contributed by atoms with Gasteiger partial charge in [0.2, 0.25) is 6.29 Å². The van der Waals surface area contributed by atoms with Crippen LogP contribution in [0.2, 0.25) is 0 Å². The molecule has 7 heteroatoms. The molecule has 0 saturated carbocycles. The highest BCUT2D eigenvalue weighted by molar-refractivity contribution is 6.21. The molecular weight excluding hydrogens is 384 g/mol. The zero-order valence-corrected chi connectivity index (χ0v) is 15.8. The summed E-state index contributed by atoms with van der Waals surface area (Å²) in [4.78, 5) is 31.6.